The van der Waals surface area contributed by atoms with Crippen molar-refractivity contribution in [1.82, 2.24) is 0 Å². The van der Waals surface area contributed by atoms with Crippen molar-refractivity contribution < 1.29 is 14.3 Å². The van der Waals surface area contributed by atoms with Crippen LogP contribution in [0, 0.1) is 0 Å². The highest BCUT2D eigenvalue weighted by atomic mass is 16.6. The zero-order chi connectivity index (χ0) is 8.28. The highest BCUT2D eigenvalue weighted by Gasteiger charge is 2.72. The highest BCUT2D eigenvalue weighted by Crippen LogP contribution is 2.51. The van der Waals surface area contributed by atoms with E-state index in [9.17, 15) is 9.59 Å². The SMILES string of the molecule is CC12OC1(C)C(=O)C=CC2=O. The number of hydrogen-bond acceptors (Lipinski definition) is 3. The minimum absolute atomic E-state index is 0.111. The zero-order valence-electron chi connectivity index (χ0n) is 6.38. The van der Waals surface area contributed by atoms with Gasteiger partial charge in [-0.1, -0.05) is 0 Å². The van der Waals surface area contributed by atoms with Crippen LogP contribution in [0.15, 0.2) is 12.2 Å². The van der Waals surface area contributed by atoms with Gasteiger partial charge in [-0.25, -0.2) is 0 Å². The van der Waals surface area contributed by atoms with Gasteiger partial charge < -0.3 is 4.74 Å². The summed E-state index contributed by atoms with van der Waals surface area (Å²) in [6, 6.07) is 0. The van der Waals surface area contributed by atoms with Gasteiger partial charge in [0.2, 0.25) is 0 Å². The lowest BCUT2D eigenvalue weighted by molar-refractivity contribution is -0.122. The van der Waals surface area contributed by atoms with Gasteiger partial charge in [0.25, 0.3) is 0 Å². The van der Waals surface area contributed by atoms with Gasteiger partial charge >= 0.3 is 0 Å². The van der Waals surface area contributed by atoms with Crippen molar-refractivity contribution in [2.24, 2.45) is 0 Å². The molecule has 2 aliphatic rings. The maximum absolute atomic E-state index is 11.1. The van der Waals surface area contributed by atoms with E-state index >= 15 is 0 Å². The summed E-state index contributed by atoms with van der Waals surface area (Å²) < 4.78 is 5.12. The molecular weight excluding hydrogens is 144 g/mol. The van der Waals surface area contributed by atoms with Crippen LogP contribution >= 0.6 is 0 Å². The van der Waals surface area contributed by atoms with Gasteiger partial charge in [-0.15, -0.1) is 0 Å². The standard InChI is InChI=1S/C8H8O3/c1-7-5(9)3-4-6(10)8(7,2)11-7/h3-4H,1-2H3. The van der Waals surface area contributed by atoms with Crippen LogP contribution in [0.25, 0.3) is 0 Å². The Balaban J connectivity index is 2.51. The highest BCUT2D eigenvalue weighted by molar-refractivity contribution is 6.17. The second kappa shape index (κ2) is 1.46. The van der Waals surface area contributed by atoms with Gasteiger partial charge in [-0.3, -0.25) is 9.59 Å². The third-order valence-electron chi connectivity index (χ3n) is 2.60. The minimum atomic E-state index is -0.862. The van der Waals surface area contributed by atoms with Crippen LogP contribution in [0.4, 0.5) is 0 Å². The summed E-state index contributed by atoms with van der Waals surface area (Å²) in [5, 5.41) is 0. The summed E-state index contributed by atoms with van der Waals surface area (Å²) in [5.74, 6) is -0.223. The van der Waals surface area contributed by atoms with Crippen molar-refractivity contribution in [3.63, 3.8) is 0 Å². The van der Waals surface area contributed by atoms with E-state index in [-0.39, 0.29) is 11.6 Å². The smallest absolute Gasteiger partial charge is 0.190 e. The molecule has 0 bridgehead atoms. The topological polar surface area (TPSA) is 46.7 Å². The second-order valence-electron chi connectivity index (χ2n) is 3.23. The third-order valence-corrected chi connectivity index (χ3v) is 2.60. The molecule has 3 heteroatoms. The van der Waals surface area contributed by atoms with Gasteiger partial charge in [0.05, 0.1) is 0 Å². The van der Waals surface area contributed by atoms with E-state index in [2.05, 4.69) is 0 Å². The maximum Gasteiger partial charge on any atom is 0.190 e. The lowest BCUT2D eigenvalue weighted by Gasteiger charge is -2.10. The van der Waals surface area contributed by atoms with E-state index in [0.29, 0.717) is 0 Å². The molecular formula is C8H8O3. The van der Waals surface area contributed by atoms with Crippen LogP contribution < -0.4 is 0 Å². The lowest BCUT2D eigenvalue weighted by atomic mass is 9.84. The Morgan fingerprint density at radius 3 is 1.82 bits per heavy atom. The summed E-state index contributed by atoms with van der Waals surface area (Å²) in [7, 11) is 0. The largest absolute Gasteiger partial charge is 0.346 e. The number of carbonyl (C=O) groups is 2. The van der Waals surface area contributed by atoms with Crippen molar-refractivity contribution in [2.45, 2.75) is 25.0 Å². The van der Waals surface area contributed by atoms with Gasteiger partial charge in [-0.05, 0) is 26.0 Å². The Labute approximate surface area is 64.0 Å². The molecule has 0 spiro atoms. The maximum atomic E-state index is 11.1. The fourth-order valence-electron chi connectivity index (χ4n) is 1.42. The number of carbonyl (C=O) groups excluding carboxylic acids is 2. The normalized spacial score (nSPS) is 47.5. The first-order chi connectivity index (χ1) is 5.01. The zero-order valence-corrected chi connectivity index (χ0v) is 6.38. The van der Waals surface area contributed by atoms with Gasteiger partial charge in [0.15, 0.2) is 22.8 Å². The molecule has 1 saturated heterocycles. The van der Waals surface area contributed by atoms with Crippen LogP contribution in [-0.4, -0.2) is 22.8 Å². The molecule has 11 heavy (non-hydrogen) atoms. The van der Waals surface area contributed by atoms with Crippen LogP contribution in [-0.2, 0) is 14.3 Å². The molecule has 1 heterocycles. The summed E-state index contributed by atoms with van der Waals surface area (Å²) in [6.07, 6.45) is 2.58. The number of rotatable bonds is 0. The number of ether oxygens (including phenoxy) is 1. The van der Waals surface area contributed by atoms with Gasteiger partial charge in [0, 0.05) is 0 Å². The molecule has 0 N–H and O–H groups in total. The fraction of sp³-hybridized carbons (Fsp3) is 0.500. The van der Waals surface area contributed by atoms with Crippen molar-refractivity contribution in [3.05, 3.63) is 12.2 Å². The van der Waals surface area contributed by atoms with Crippen molar-refractivity contribution in [2.75, 3.05) is 0 Å². The number of hydrogen-bond donors (Lipinski definition) is 0. The van der Waals surface area contributed by atoms with Crippen LogP contribution in [0.5, 0.6) is 0 Å². The molecule has 0 aromatic heterocycles. The first-order valence-electron chi connectivity index (χ1n) is 3.48. The fourth-order valence-corrected chi connectivity index (χ4v) is 1.42. The van der Waals surface area contributed by atoms with E-state index in [4.69, 9.17) is 4.74 Å². The first kappa shape index (κ1) is 6.73. The Bertz CT molecular complexity index is 264. The number of epoxide rings is 1. The number of fused-ring (bicyclic) bond motifs is 1. The number of ketones is 2. The molecule has 0 radical (unpaired) electrons. The molecule has 58 valence electrons. The summed E-state index contributed by atoms with van der Waals surface area (Å²) in [5.41, 5.74) is -1.72. The van der Waals surface area contributed by atoms with E-state index in [1.54, 1.807) is 13.8 Å². The monoisotopic (exact) mass is 152 g/mol. The molecule has 1 aliphatic heterocycles. The molecule has 1 fully saturated rings. The van der Waals surface area contributed by atoms with Crippen molar-refractivity contribution in [3.8, 4) is 0 Å². The Hall–Kier alpha value is -0.960. The van der Waals surface area contributed by atoms with Crippen molar-refractivity contribution in [1.29, 1.82) is 0 Å². The molecule has 0 aromatic rings. The molecule has 2 atom stereocenters. The summed E-state index contributed by atoms with van der Waals surface area (Å²) in [4.78, 5) is 22.3. The Kier molecular flexibility index (Phi) is 0.890. The van der Waals surface area contributed by atoms with E-state index in [1.807, 2.05) is 0 Å². The quantitative estimate of drug-likeness (QED) is 0.467. The van der Waals surface area contributed by atoms with Crippen molar-refractivity contribution >= 4 is 11.6 Å². The summed E-state index contributed by atoms with van der Waals surface area (Å²) >= 11 is 0. The second-order valence-corrected chi connectivity index (χ2v) is 3.23. The third kappa shape index (κ3) is 0.531. The average molecular weight is 152 g/mol. The molecule has 0 aromatic carbocycles. The first-order valence-corrected chi connectivity index (χ1v) is 3.48. The van der Waals surface area contributed by atoms with Crippen LogP contribution in [0.1, 0.15) is 13.8 Å². The molecule has 3 nitrogen and oxygen atoms in total. The predicted octanol–water partition coefficient (Wildman–Crippen LogP) is 0.242. The molecule has 2 rings (SSSR count). The predicted molar refractivity (Wildman–Crippen MR) is 37.0 cm³/mol. The summed E-state index contributed by atoms with van der Waals surface area (Å²) in [6.45, 7) is 3.30. The van der Waals surface area contributed by atoms with E-state index in [1.165, 1.54) is 12.2 Å². The van der Waals surface area contributed by atoms with Gasteiger partial charge in [-0.2, -0.15) is 0 Å². The van der Waals surface area contributed by atoms with E-state index < -0.39 is 11.2 Å². The lowest BCUT2D eigenvalue weighted by Crippen LogP contribution is -2.36. The average Bonchev–Trinajstić information content (AvgIpc) is 2.51. The Morgan fingerprint density at radius 1 is 1.09 bits per heavy atom. The molecule has 0 saturated carbocycles. The molecule has 2 unspecified atom stereocenters. The van der Waals surface area contributed by atoms with Crippen LogP contribution in [0.3, 0.4) is 0 Å². The molecule has 0 amide bonds. The molecule has 1 aliphatic carbocycles. The minimum Gasteiger partial charge on any atom is -0.346 e. The van der Waals surface area contributed by atoms with E-state index in [0.717, 1.165) is 0 Å². The Morgan fingerprint density at radius 2 is 1.45 bits per heavy atom. The van der Waals surface area contributed by atoms with Crippen LogP contribution in [0.2, 0.25) is 0 Å². The van der Waals surface area contributed by atoms with Gasteiger partial charge in [0.1, 0.15) is 0 Å².